The SMILES string of the molecule is COc1cc(F)c(C2CCCCN2)c(Br)c1O. The van der Waals surface area contributed by atoms with Gasteiger partial charge in [-0.3, -0.25) is 0 Å². The topological polar surface area (TPSA) is 41.5 Å². The molecule has 1 unspecified atom stereocenters. The first kappa shape index (κ1) is 12.6. The Bertz CT molecular complexity index is 419. The summed E-state index contributed by atoms with van der Waals surface area (Å²) in [5.74, 6) is -0.254. The molecule has 1 aliphatic rings. The number of benzene rings is 1. The number of phenolic OH excluding ortho intramolecular Hbond substituents is 1. The largest absolute Gasteiger partial charge is 0.503 e. The number of halogens is 2. The van der Waals surface area contributed by atoms with Gasteiger partial charge in [0, 0.05) is 17.7 Å². The maximum Gasteiger partial charge on any atom is 0.172 e. The summed E-state index contributed by atoms with van der Waals surface area (Å²) in [6.07, 6.45) is 3.05. The van der Waals surface area contributed by atoms with Crippen molar-refractivity contribution in [3.05, 3.63) is 21.9 Å². The number of aromatic hydroxyl groups is 1. The second-order valence-corrected chi connectivity index (χ2v) is 4.93. The minimum Gasteiger partial charge on any atom is -0.503 e. The summed E-state index contributed by atoms with van der Waals surface area (Å²) in [6, 6.07) is 1.18. The standard InChI is InChI=1S/C12H15BrFNO2/c1-17-9-6-7(14)10(11(13)12(9)16)8-4-2-3-5-15-8/h6,8,15-16H,2-5H2,1H3. The summed E-state index contributed by atoms with van der Waals surface area (Å²) in [5, 5.41) is 13.1. The van der Waals surface area contributed by atoms with Crippen LogP contribution < -0.4 is 10.1 Å². The molecule has 2 N–H and O–H groups in total. The second kappa shape index (κ2) is 5.23. The lowest BCUT2D eigenvalue weighted by atomic mass is 9.96. The third kappa shape index (κ3) is 2.40. The molecule has 3 nitrogen and oxygen atoms in total. The summed E-state index contributed by atoms with van der Waals surface area (Å²) >= 11 is 3.25. The Morgan fingerprint density at radius 3 is 2.88 bits per heavy atom. The first-order valence-electron chi connectivity index (χ1n) is 5.63. The summed E-state index contributed by atoms with van der Waals surface area (Å²) in [6.45, 7) is 0.878. The highest BCUT2D eigenvalue weighted by Crippen LogP contribution is 2.42. The van der Waals surface area contributed by atoms with Crippen molar-refractivity contribution in [2.45, 2.75) is 25.3 Å². The van der Waals surface area contributed by atoms with Gasteiger partial charge in [0.25, 0.3) is 0 Å². The van der Waals surface area contributed by atoms with Crippen LogP contribution in [-0.4, -0.2) is 18.8 Å². The van der Waals surface area contributed by atoms with Gasteiger partial charge < -0.3 is 15.2 Å². The van der Waals surface area contributed by atoms with Crippen LogP contribution in [0.3, 0.4) is 0 Å². The molecule has 0 spiro atoms. The molecule has 0 aromatic heterocycles. The van der Waals surface area contributed by atoms with E-state index in [1.165, 1.54) is 13.2 Å². The van der Waals surface area contributed by atoms with Crippen LogP contribution in [0.4, 0.5) is 4.39 Å². The molecular weight excluding hydrogens is 289 g/mol. The van der Waals surface area contributed by atoms with Gasteiger partial charge in [-0.2, -0.15) is 0 Å². The minimum absolute atomic E-state index is 0.0451. The second-order valence-electron chi connectivity index (χ2n) is 4.14. The van der Waals surface area contributed by atoms with Crippen molar-refractivity contribution in [1.29, 1.82) is 0 Å². The highest BCUT2D eigenvalue weighted by atomic mass is 79.9. The molecule has 1 fully saturated rings. The maximum absolute atomic E-state index is 14.0. The number of phenols is 1. The van der Waals surface area contributed by atoms with Gasteiger partial charge >= 0.3 is 0 Å². The number of ether oxygens (including phenoxy) is 1. The lowest BCUT2D eigenvalue weighted by Gasteiger charge is -2.25. The monoisotopic (exact) mass is 303 g/mol. The van der Waals surface area contributed by atoms with Crippen LogP contribution in [0.5, 0.6) is 11.5 Å². The van der Waals surface area contributed by atoms with E-state index in [0.29, 0.717) is 10.0 Å². The zero-order valence-corrected chi connectivity index (χ0v) is 11.2. The van der Waals surface area contributed by atoms with Gasteiger partial charge in [-0.15, -0.1) is 0 Å². The van der Waals surface area contributed by atoms with Gasteiger partial charge in [0.15, 0.2) is 11.5 Å². The van der Waals surface area contributed by atoms with Crippen LogP contribution >= 0.6 is 15.9 Å². The van der Waals surface area contributed by atoms with E-state index in [1.54, 1.807) is 0 Å². The van der Waals surface area contributed by atoms with Crippen LogP contribution in [0.1, 0.15) is 30.9 Å². The Balaban J connectivity index is 2.42. The number of piperidine rings is 1. The zero-order chi connectivity index (χ0) is 12.4. The van der Waals surface area contributed by atoms with Crippen LogP contribution in [-0.2, 0) is 0 Å². The van der Waals surface area contributed by atoms with E-state index >= 15 is 0 Å². The predicted molar refractivity (Wildman–Crippen MR) is 66.9 cm³/mol. The van der Waals surface area contributed by atoms with Gasteiger partial charge in [-0.1, -0.05) is 6.42 Å². The first-order valence-corrected chi connectivity index (χ1v) is 6.42. The van der Waals surface area contributed by atoms with E-state index in [9.17, 15) is 9.50 Å². The molecule has 5 heteroatoms. The summed E-state index contributed by atoms with van der Waals surface area (Å²) in [4.78, 5) is 0. The molecule has 1 aromatic carbocycles. The fraction of sp³-hybridized carbons (Fsp3) is 0.500. The van der Waals surface area contributed by atoms with E-state index < -0.39 is 0 Å². The third-order valence-electron chi connectivity index (χ3n) is 3.07. The summed E-state index contributed by atoms with van der Waals surface area (Å²) in [5.41, 5.74) is 0.489. The molecule has 0 saturated carbocycles. The Hall–Kier alpha value is -0.810. The molecule has 0 amide bonds. The minimum atomic E-state index is -0.356. The molecule has 0 bridgehead atoms. The van der Waals surface area contributed by atoms with Crippen molar-refractivity contribution in [1.82, 2.24) is 5.32 Å². The van der Waals surface area contributed by atoms with Crippen LogP contribution in [0.15, 0.2) is 10.5 Å². The van der Waals surface area contributed by atoms with Gasteiger partial charge in [0.1, 0.15) is 5.82 Å². The fourth-order valence-electron chi connectivity index (χ4n) is 2.18. The normalized spacial score (nSPS) is 20.3. The van der Waals surface area contributed by atoms with Crippen molar-refractivity contribution in [3.8, 4) is 11.5 Å². The van der Waals surface area contributed by atoms with E-state index in [-0.39, 0.29) is 23.4 Å². The molecule has 2 rings (SSSR count). The van der Waals surface area contributed by atoms with Crippen molar-refractivity contribution in [3.63, 3.8) is 0 Å². The number of nitrogens with one attached hydrogen (secondary N) is 1. The zero-order valence-electron chi connectivity index (χ0n) is 9.59. The fourth-order valence-corrected chi connectivity index (χ4v) is 2.84. The first-order chi connectivity index (χ1) is 8.15. The molecule has 17 heavy (non-hydrogen) atoms. The number of hydrogen-bond donors (Lipinski definition) is 2. The van der Waals surface area contributed by atoms with Crippen LogP contribution in [0.25, 0.3) is 0 Å². The van der Waals surface area contributed by atoms with Gasteiger partial charge in [0.05, 0.1) is 11.6 Å². The molecule has 1 heterocycles. The summed E-state index contributed by atoms with van der Waals surface area (Å²) in [7, 11) is 1.40. The lowest BCUT2D eigenvalue weighted by Crippen LogP contribution is -2.27. The Morgan fingerprint density at radius 1 is 1.53 bits per heavy atom. The molecule has 0 aliphatic carbocycles. The maximum atomic E-state index is 14.0. The van der Waals surface area contributed by atoms with Crippen LogP contribution in [0.2, 0.25) is 0 Å². The molecular formula is C12H15BrFNO2. The highest BCUT2D eigenvalue weighted by molar-refractivity contribution is 9.10. The Kier molecular flexibility index (Phi) is 3.89. The lowest BCUT2D eigenvalue weighted by molar-refractivity contribution is 0.359. The van der Waals surface area contributed by atoms with Crippen LogP contribution in [0, 0.1) is 5.82 Å². The molecule has 1 saturated heterocycles. The third-order valence-corrected chi connectivity index (χ3v) is 3.87. The molecule has 1 aromatic rings. The Morgan fingerprint density at radius 2 is 2.29 bits per heavy atom. The number of rotatable bonds is 2. The van der Waals surface area contributed by atoms with E-state index in [4.69, 9.17) is 4.74 Å². The number of methoxy groups -OCH3 is 1. The smallest absolute Gasteiger partial charge is 0.172 e. The van der Waals surface area contributed by atoms with E-state index in [0.717, 1.165) is 25.8 Å². The predicted octanol–water partition coefficient (Wildman–Crippen LogP) is 3.12. The van der Waals surface area contributed by atoms with Crippen molar-refractivity contribution >= 4 is 15.9 Å². The average Bonchev–Trinajstić information content (AvgIpc) is 2.35. The Labute approximate surface area is 108 Å². The van der Waals surface area contributed by atoms with Gasteiger partial charge in [0.2, 0.25) is 0 Å². The van der Waals surface area contributed by atoms with Gasteiger partial charge in [-0.05, 0) is 35.3 Å². The quantitative estimate of drug-likeness (QED) is 0.882. The number of hydrogen-bond acceptors (Lipinski definition) is 3. The molecule has 1 atom stereocenters. The summed E-state index contributed by atoms with van der Waals surface area (Å²) < 4.78 is 19.3. The van der Waals surface area contributed by atoms with Crippen molar-refractivity contribution in [2.75, 3.05) is 13.7 Å². The van der Waals surface area contributed by atoms with Gasteiger partial charge in [-0.25, -0.2) is 4.39 Å². The molecule has 1 aliphatic heterocycles. The molecule has 0 radical (unpaired) electrons. The average molecular weight is 304 g/mol. The van der Waals surface area contributed by atoms with Crippen molar-refractivity contribution < 1.29 is 14.2 Å². The molecule has 94 valence electrons. The highest BCUT2D eigenvalue weighted by Gasteiger charge is 2.24. The van der Waals surface area contributed by atoms with E-state index in [2.05, 4.69) is 21.2 Å². The van der Waals surface area contributed by atoms with E-state index in [1.807, 2.05) is 0 Å². The van der Waals surface area contributed by atoms with Crippen molar-refractivity contribution in [2.24, 2.45) is 0 Å².